The maximum Gasteiger partial charge on any atom is 0.262 e. The predicted molar refractivity (Wildman–Crippen MR) is 120 cm³/mol. The van der Waals surface area contributed by atoms with Crippen molar-refractivity contribution in [3.05, 3.63) is 73.7 Å². The number of nitrogens with zero attached hydrogens (tertiary/aromatic N) is 2. The van der Waals surface area contributed by atoms with Crippen molar-refractivity contribution in [3.8, 4) is 0 Å². The lowest BCUT2D eigenvalue weighted by Gasteiger charge is -2.24. The van der Waals surface area contributed by atoms with Crippen LogP contribution in [-0.4, -0.2) is 27.3 Å². The molecule has 2 N–H and O–H groups in total. The lowest BCUT2D eigenvalue weighted by atomic mass is 10.0. The van der Waals surface area contributed by atoms with Gasteiger partial charge in [0.1, 0.15) is 11.9 Å². The van der Waals surface area contributed by atoms with Crippen molar-refractivity contribution in [2.24, 2.45) is 0 Å². The number of nitrogens with one attached hydrogen (secondary N) is 2. The van der Waals surface area contributed by atoms with Gasteiger partial charge in [0.25, 0.3) is 11.5 Å². The largest absolute Gasteiger partial charge is 0.348 e. The summed E-state index contributed by atoms with van der Waals surface area (Å²) >= 11 is 11.8. The molecule has 32 heavy (non-hydrogen) atoms. The number of hydrogen-bond acceptors (Lipinski definition) is 5. The van der Waals surface area contributed by atoms with Crippen molar-refractivity contribution in [1.29, 1.82) is 0 Å². The normalized spacial score (nSPS) is 16.2. The summed E-state index contributed by atoms with van der Waals surface area (Å²) in [5.41, 5.74) is 1.15. The molecule has 2 heterocycles. The van der Waals surface area contributed by atoms with E-state index in [4.69, 9.17) is 23.2 Å². The average Bonchev–Trinajstić information content (AvgIpc) is 2.75. The van der Waals surface area contributed by atoms with Gasteiger partial charge in [0.2, 0.25) is 11.8 Å². The van der Waals surface area contributed by atoms with E-state index in [9.17, 15) is 19.2 Å². The number of fused-ring (bicyclic) bond motifs is 1. The Kier molecular flexibility index (Phi) is 5.99. The van der Waals surface area contributed by atoms with Gasteiger partial charge in [-0.1, -0.05) is 29.3 Å². The van der Waals surface area contributed by atoms with Crippen molar-refractivity contribution in [3.63, 3.8) is 0 Å². The lowest BCUT2D eigenvalue weighted by Crippen LogP contribution is -2.45. The fourth-order valence-corrected chi connectivity index (χ4v) is 3.98. The Hall–Kier alpha value is -3.23. The van der Waals surface area contributed by atoms with Gasteiger partial charge in [-0.05, 0) is 49.2 Å². The predicted octanol–water partition coefficient (Wildman–Crippen LogP) is 2.92. The Morgan fingerprint density at radius 2 is 1.94 bits per heavy atom. The number of aryl methyl sites for hydroxylation is 1. The Morgan fingerprint density at radius 3 is 2.66 bits per heavy atom. The minimum Gasteiger partial charge on any atom is -0.348 e. The van der Waals surface area contributed by atoms with Gasteiger partial charge in [0.05, 0.1) is 20.9 Å². The summed E-state index contributed by atoms with van der Waals surface area (Å²) in [6.45, 7) is 1.82. The molecule has 3 aromatic rings. The minimum atomic E-state index is -0.796. The fourth-order valence-electron chi connectivity index (χ4n) is 3.68. The molecule has 0 aliphatic carbocycles. The summed E-state index contributed by atoms with van der Waals surface area (Å²) in [4.78, 5) is 53.8. The van der Waals surface area contributed by atoms with E-state index in [1.54, 1.807) is 37.3 Å². The zero-order valence-electron chi connectivity index (χ0n) is 16.9. The monoisotopic (exact) mass is 472 g/mol. The molecule has 3 amide bonds. The van der Waals surface area contributed by atoms with E-state index in [0.29, 0.717) is 32.9 Å². The number of imide groups is 1. The molecule has 0 bridgehead atoms. The van der Waals surface area contributed by atoms with Crippen LogP contribution in [0.15, 0.2) is 41.2 Å². The molecule has 4 rings (SSSR count). The second kappa shape index (κ2) is 8.72. The van der Waals surface area contributed by atoms with Gasteiger partial charge < -0.3 is 5.32 Å². The highest BCUT2D eigenvalue weighted by molar-refractivity contribution is 6.42. The first-order chi connectivity index (χ1) is 15.2. The molecular weight excluding hydrogens is 455 g/mol. The first-order valence-electron chi connectivity index (χ1n) is 9.83. The molecule has 8 nitrogen and oxygen atoms in total. The van der Waals surface area contributed by atoms with E-state index < -0.39 is 11.9 Å². The molecule has 1 atom stereocenters. The number of carbonyl (C=O) groups excluding carboxylic acids is 3. The van der Waals surface area contributed by atoms with Crippen LogP contribution in [0.4, 0.5) is 0 Å². The van der Waals surface area contributed by atoms with Crippen LogP contribution in [0.5, 0.6) is 0 Å². The number of hydrogen-bond donors (Lipinski definition) is 2. The van der Waals surface area contributed by atoms with E-state index in [1.807, 2.05) is 0 Å². The number of benzene rings is 2. The van der Waals surface area contributed by atoms with Gasteiger partial charge in [-0.15, -0.1) is 0 Å². The molecule has 164 valence electrons. The maximum absolute atomic E-state index is 13.2. The SMILES string of the molecule is Cc1nc2ccc(CNC(=O)c3ccc(Cl)c(Cl)c3)cc2c(=O)n1C1CCC(=O)NC1=O. The molecule has 1 fully saturated rings. The second-order valence-electron chi connectivity index (χ2n) is 7.46. The van der Waals surface area contributed by atoms with Gasteiger partial charge in [0.15, 0.2) is 0 Å². The number of amides is 3. The van der Waals surface area contributed by atoms with Crippen molar-refractivity contribution in [1.82, 2.24) is 20.2 Å². The number of carbonyl (C=O) groups is 3. The highest BCUT2D eigenvalue weighted by Crippen LogP contribution is 2.23. The first-order valence-corrected chi connectivity index (χ1v) is 10.6. The molecule has 0 radical (unpaired) electrons. The van der Waals surface area contributed by atoms with Gasteiger partial charge in [-0.25, -0.2) is 4.98 Å². The molecule has 1 aromatic heterocycles. The number of rotatable bonds is 4. The summed E-state index contributed by atoms with van der Waals surface area (Å²) in [6.07, 6.45) is 0.388. The molecule has 1 aliphatic rings. The zero-order chi connectivity index (χ0) is 23.0. The maximum atomic E-state index is 13.2. The molecule has 1 unspecified atom stereocenters. The highest BCUT2D eigenvalue weighted by atomic mass is 35.5. The molecular formula is C22H18Cl2N4O4. The van der Waals surface area contributed by atoms with Gasteiger partial charge >= 0.3 is 0 Å². The number of aromatic nitrogens is 2. The van der Waals surface area contributed by atoms with Crippen molar-refractivity contribution < 1.29 is 14.4 Å². The number of halogens is 2. The quantitative estimate of drug-likeness (QED) is 0.567. The number of piperidine rings is 1. The molecule has 0 saturated carbocycles. The third kappa shape index (κ3) is 4.24. The summed E-state index contributed by atoms with van der Waals surface area (Å²) in [6, 6.07) is 8.89. The van der Waals surface area contributed by atoms with Gasteiger partial charge in [-0.2, -0.15) is 0 Å². The van der Waals surface area contributed by atoms with E-state index in [1.165, 1.54) is 10.6 Å². The summed E-state index contributed by atoms with van der Waals surface area (Å²) in [5, 5.41) is 6.00. The van der Waals surface area contributed by atoms with Crippen molar-refractivity contribution >= 4 is 51.8 Å². The fraction of sp³-hybridized carbons (Fsp3) is 0.227. The zero-order valence-corrected chi connectivity index (χ0v) is 18.5. The lowest BCUT2D eigenvalue weighted by molar-refractivity contribution is -0.135. The smallest absolute Gasteiger partial charge is 0.262 e. The van der Waals surface area contributed by atoms with Crippen LogP contribution in [-0.2, 0) is 16.1 Å². The van der Waals surface area contributed by atoms with Crippen molar-refractivity contribution in [2.75, 3.05) is 0 Å². The third-order valence-corrected chi connectivity index (χ3v) is 6.04. The van der Waals surface area contributed by atoms with Crippen LogP contribution < -0.4 is 16.2 Å². The van der Waals surface area contributed by atoms with E-state index >= 15 is 0 Å². The molecule has 0 spiro atoms. The van der Waals surface area contributed by atoms with Crippen molar-refractivity contribution in [2.45, 2.75) is 32.4 Å². The Balaban J connectivity index is 1.61. The standard InChI is InChI=1S/C22H18Cl2N4O4/c1-11-26-17-5-2-12(10-25-20(30)13-3-4-15(23)16(24)9-13)8-14(17)22(32)28(11)18-6-7-19(29)27-21(18)31/h2-5,8-9,18H,6-7,10H2,1H3,(H,25,30)(H,27,29,31). The Morgan fingerprint density at radius 1 is 1.16 bits per heavy atom. The van der Waals surface area contributed by atoms with E-state index in [0.717, 1.165) is 0 Å². The molecule has 1 aliphatic heterocycles. The summed E-state index contributed by atoms with van der Waals surface area (Å²) in [5.74, 6) is -0.826. The van der Waals surface area contributed by atoms with Crippen LogP contribution >= 0.6 is 23.2 Å². The average molecular weight is 473 g/mol. The topological polar surface area (TPSA) is 110 Å². The summed E-state index contributed by atoms with van der Waals surface area (Å²) < 4.78 is 1.32. The van der Waals surface area contributed by atoms with E-state index in [2.05, 4.69) is 15.6 Å². The molecule has 2 aromatic carbocycles. The van der Waals surface area contributed by atoms with Gasteiger partial charge in [-0.3, -0.25) is 29.1 Å². The first kappa shape index (κ1) is 22.0. The van der Waals surface area contributed by atoms with E-state index in [-0.39, 0.29) is 41.8 Å². The third-order valence-electron chi connectivity index (χ3n) is 5.30. The van der Waals surface area contributed by atoms with Crippen LogP contribution in [0.3, 0.4) is 0 Å². The second-order valence-corrected chi connectivity index (χ2v) is 8.28. The van der Waals surface area contributed by atoms with Crippen LogP contribution in [0.2, 0.25) is 10.0 Å². The molecule has 10 heteroatoms. The Bertz CT molecular complexity index is 1340. The van der Waals surface area contributed by atoms with Crippen LogP contribution in [0, 0.1) is 6.92 Å². The molecule has 1 saturated heterocycles. The Labute approximate surface area is 192 Å². The summed E-state index contributed by atoms with van der Waals surface area (Å²) in [7, 11) is 0. The highest BCUT2D eigenvalue weighted by Gasteiger charge is 2.30. The minimum absolute atomic E-state index is 0.154. The van der Waals surface area contributed by atoms with Crippen LogP contribution in [0.25, 0.3) is 10.9 Å². The van der Waals surface area contributed by atoms with Crippen LogP contribution in [0.1, 0.15) is 40.6 Å². The van der Waals surface area contributed by atoms with Gasteiger partial charge in [0, 0.05) is 18.5 Å².